The molecule has 0 radical (unpaired) electrons. The second kappa shape index (κ2) is 9.29. The van der Waals surface area contributed by atoms with E-state index in [0.29, 0.717) is 5.69 Å². The van der Waals surface area contributed by atoms with E-state index in [0.717, 1.165) is 9.32 Å². The molecule has 0 aliphatic rings. The molecule has 0 aliphatic carbocycles. The van der Waals surface area contributed by atoms with Gasteiger partial charge in [-0.25, -0.2) is 9.59 Å². The molecule has 0 aromatic heterocycles. The van der Waals surface area contributed by atoms with Crippen molar-refractivity contribution in [1.82, 2.24) is 0 Å². The van der Waals surface area contributed by atoms with Crippen molar-refractivity contribution in [3.05, 3.63) is 33.5 Å². The van der Waals surface area contributed by atoms with E-state index in [4.69, 9.17) is 14.2 Å². The summed E-state index contributed by atoms with van der Waals surface area (Å²) in [6.07, 6.45) is 1.29. The van der Waals surface area contributed by atoms with E-state index < -0.39 is 11.9 Å². The van der Waals surface area contributed by atoms with Crippen LogP contribution in [0.3, 0.4) is 0 Å². The van der Waals surface area contributed by atoms with Crippen molar-refractivity contribution in [2.24, 2.45) is 0 Å². The number of hydrogen-bond acceptors (Lipinski definition) is 6. The van der Waals surface area contributed by atoms with Gasteiger partial charge in [0.2, 0.25) is 0 Å². The summed E-state index contributed by atoms with van der Waals surface area (Å²) in [6, 6.07) is 5.38. The standard InChI is InChI=1S/C15H18INO5/c1-4-21-14(18)11(15(19)22-5-2)9-17-10-6-7-13(20-3)12(16)8-10/h6-9,17H,4-5H2,1-3H3. The maximum Gasteiger partial charge on any atom is 0.347 e. The lowest BCUT2D eigenvalue weighted by Gasteiger charge is -2.09. The van der Waals surface area contributed by atoms with Gasteiger partial charge in [-0.2, -0.15) is 0 Å². The number of esters is 2. The molecule has 0 unspecified atom stereocenters. The molecule has 1 aromatic carbocycles. The first-order valence-corrected chi connectivity index (χ1v) is 7.75. The van der Waals surface area contributed by atoms with Crippen LogP contribution in [0.2, 0.25) is 0 Å². The second-order valence-corrected chi connectivity index (χ2v) is 5.15. The Balaban J connectivity index is 2.94. The van der Waals surface area contributed by atoms with Crippen LogP contribution in [0.4, 0.5) is 5.69 Å². The molecular weight excluding hydrogens is 401 g/mol. The Bertz CT molecular complexity index is 551. The van der Waals surface area contributed by atoms with Crippen LogP contribution in [-0.2, 0) is 19.1 Å². The van der Waals surface area contributed by atoms with E-state index in [9.17, 15) is 9.59 Å². The molecule has 0 aliphatic heterocycles. The number of methoxy groups -OCH3 is 1. The van der Waals surface area contributed by atoms with E-state index in [2.05, 4.69) is 27.9 Å². The van der Waals surface area contributed by atoms with E-state index >= 15 is 0 Å². The highest BCUT2D eigenvalue weighted by Crippen LogP contribution is 2.24. The average Bonchev–Trinajstić information content (AvgIpc) is 2.48. The van der Waals surface area contributed by atoms with Gasteiger partial charge in [0.15, 0.2) is 5.57 Å². The topological polar surface area (TPSA) is 73.9 Å². The van der Waals surface area contributed by atoms with Gasteiger partial charge in [-0.1, -0.05) is 0 Å². The molecule has 0 atom stereocenters. The van der Waals surface area contributed by atoms with Crippen molar-refractivity contribution in [3.63, 3.8) is 0 Å². The summed E-state index contributed by atoms with van der Waals surface area (Å²) in [5, 5.41) is 2.89. The van der Waals surface area contributed by atoms with Gasteiger partial charge < -0.3 is 19.5 Å². The summed E-state index contributed by atoms with van der Waals surface area (Å²) in [5.74, 6) is -0.709. The fourth-order valence-electron chi connectivity index (χ4n) is 1.53. The SMILES string of the molecule is CCOC(=O)C(=CNc1ccc(OC)c(I)c1)C(=O)OCC. The molecule has 0 bridgehead atoms. The Morgan fingerprint density at radius 3 is 2.23 bits per heavy atom. The van der Waals surface area contributed by atoms with Gasteiger partial charge in [0.1, 0.15) is 5.75 Å². The Morgan fingerprint density at radius 1 is 1.18 bits per heavy atom. The smallest absolute Gasteiger partial charge is 0.347 e. The zero-order valence-corrected chi connectivity index (χ0v) is 14.8. The van der Waals surface area contributed by atoms with Crippen LogP contribution in [0, 0.1) is 3.57 Å². The van der Waals surface area contributed by atoms with Crippen LogP contribution >= 0.6 is 22.6 Å². The van der Waals surface area contributed by atoms with Crippen LogP contribution in [0.5, 0.6) is 5.75 Å². The van der Waals surface area contributed by atoms with Crippen molar-refractivity contribution in [1.29, 1.82) is 0 Å². The minimum Gasteiger partial charge on any atom is -0.496 e. The Hall–Kier alpha value is -1.77. The summed E-state index contributed by atoms with van der Waals surface area (Å²) in [5.41, 5.74) is 0.519. The van der Waals surface area contributed by atoms with Crippen LogP contribution in [-0.4, -0.2) is 32.3 Å². The first-order chi connectivity index (χ1) is 10.5. The monoisotopic (exact) mass is 419 g/mol. The minimum atomic E-state index is -0.725. The van der Waals surface area contributed by atoms with Crippen LogP contribution in [0.25, 0.3) is 0 Å². The van der Waals surface area contributed by atoms with E-state index in [-0.39, 0.29) is 18.8 Å². The molecule has 1 aromatic rings. The predicted octanol–water partition coefficient (Wildman–Crippen LogP) is 2.72. The number of anilines is 1. The maximum absolute atomic E-state index is 11.8. The molecule has 0 fully saturated rings. The maximum atomic E-state index is 11.8. The Labute approximate surface area is 143 Å². The third kappa shape index (κ3) is 5.21. The van der Waals surface area contributed by atoms with Crippen molar-refractivity contribution in [3.8, 4) is 5.75 Å². The zero-order valence-electron chi connectivity index (χ0n) is 12.6. The third-order valence-corrected chi connectivity index (χ3v) is 3.37. The van der Waals surface area contributed by atoms with Crippen molar-refractivity contribution >= 4 is 40.2 Å². The van der Waals surface area contributed by atoms with Gasteiger partial charge in [-0.15, -0.1) is 0 Å². The molecule has 0 saturated carbocycles. The summed E-state index contributed by atoms with van der Waals surface area (Å²) >= 11 is 2.13. The molecule has 1 rings (SSSR count). The lowest BCUT2D eigenvalue weighted by atomic mass is 10.2. The van der Waals surface area contributed by atoms with Crippen LogP contribution in [0.1, 0.15) is 13.8 Å². The van der Waals surface area contributed by atoms with E-state index in [1.807, 2.05) is 6.07 Å². The number of halogens is 1. The lowest BCUT2D eigenvalue weighted by molar-refractivity contribution is -0.146. The van der Waals surface area contributed by atoms with Gasteiger partial charge in [0.25, 0.3) is 0 Å². The Morgan fingerprint density at radius 2 is 1.77 bits per heavy atom. The molecule has 7 heteroatoms. The number of ether oxygens (including phenoxy) is 3. The molecule has 0 saturated heterocycles. The van der Waals surface area contributed by atoms with E-state index in [1.165, 1.54) is 6.20 Å². The fraction of sp³-hybridized carbons (Fsp3) is 0.333. The molecule has 0 heterocycles. The van der Waals surface area contributed by atoms with Crippen LogP contribution in [0.15, 0.2) is 30.0 Å². The number of hydrogen-bond donors (Lipinski definition) is 1. The number of benzene rings is 1. The third-order valence-electron chi connectivity index (χ3n) is 2.53. The number of nitrogens with one attached hydrogen (secondary N) is 1. The van der Waals surface area contributed by atoms with Gasteiger partial charge >= 0.3 is 11.9 Å². The molecule has 120 valence electrons. The summed E-state index contributed by atoms with van der Waals surface area (Å²) in [7, 11) is 1.59. The molecule has 1 N–H and O–H groups in total. The molecule has 0 spiro atoms. The highest BCUT2D eigenvalue weighted by Gasteiger charge is 2.20. The fourth-order valence-corrected chi connectivity index (χ4v) is 2.27. The van der Waals surface area contributed by atoms with Gasteiger partial charge in [0.05, 0.1) is 23.9 Å². The predicted molar refractivity (Wildman–Crippen MR) is 90.7 cm³/mol. The quantitative estimate of drug-likeness (QED) is 0.241. The molecular formula is C15H18INO5. The largest absolute Gasteiger partial charge is 0.496 e. The van der Waals surface area contributed by atoms with Crippen LogP contribution < -0.4 is 10.1 Å². The van der Waals surface area contributed by atoms with Gasteiger partial charge in [-0.3, -0.25) is 0 Å². The molecule has 22 heavy (non-hydrogen) atoms. The highest BCUT2D eigenvalue weighted by atomic mass is 127. The van der Waals surface area contributed by atoms with Gasteiger partial charge in [-0.05, 0) is 54.6 Å². The lowest BCUT2D eigenvalue weighted by Crippen LogP contribution is -2.19. The highest BCUT2D eigenvalue weighted by molar-refractivity contribution is 14.1. The summed E-state index contributed by atoms with van der Waals surface area (Å²) in [6.45, 7) is 3.69. The second-order valence-electron chi connectivity index (χ2n) is 3.99. The number of carbonyl (C=O) groups is 2. The number of carbonyl (C=O) groups excluding carboxylic acids is 2. The summed E-state index contributed by atoms with van der Waals surface area (Å²) < 4.78 is 15.8. The minimum absolute atomic E-state index is 0.177. The molecule has 6 nitrogen and oxygen atoms in total. The first kappa shape index (κ1) is 18.3. The Kier molecular flexibility index (Phi) is 7.72. The van der Waals surface area contributed by atoms with Crippen molar-refractivity contribution in [2.45, 2.75) is 13.8 Å². The first-order valence-electron chi connectivity index (χ1n) is 6.67. The summed E-state index contributed by atoms with van der Waals surface area (Å²) in [4.78, 5) is 23.6. The number of rotatable bonds is 7. The van der Waals surface area contributed by atoms with Crippen molar-refractivity contribution in [2.75, 3.05) is 25.6 Å². The van der Waals surface area contributed by atoms with Gasteiger partial charge in [0, 0.05) is 11.9 Å². The normalized spacial score (nSPS) is 9.64. The zero-order chi connectivity index (χ0) is 16.5. The molecule has 0 amide bonds. The van der Waals surface area contributed by atoms with Crippen molar-refractivity contribution < 1.29 is 23.8 Å². The average molecular weight is 419 g/mol. The van der Waals surface area contributed by atoms with E-state index in [1.54, 1.807) is 33.1 Å².